The highest BCUT2D eigenvalue weighted by Gasteiger charge is 2.13. The summed E-state index contributed by atoms with van der Waals surface area (Å²) in [5.41, 5.74) is 0. The second kappa shape index (κ2) is 13.5. The van der Waals surface area contributed by atoms with Crippen molar-refractivity contribution in [1.29, 1.82) is 0 Å². The van der Waals surface area contributed by atoms with E-state index in [0.717, 1.165) is 51.3 Å². The van der Waals surface area contributed by atoms with Crippen LogP contribution in [0.3, 0.4) is 0 Å². The van der Waals surface area contributed by atoms with Crippen molar-refractivity contribution in [1.82, 2.24) is 0 Å². The second-order valence-corrected chi connectivity index (χ2v) is 5.71. The minimum atomic E-state index is -1.84. The van der Waals surface area contributed by atoms with Gasteiger partial charge in [-0.15, -0.1) is 0 Å². The lowest BCUT2D eigenvalue weighted by atomic mass is 10.3. The summed E-state index contributed by atoms with van der Waals surface area (Å²) < 4.78 is 16.8. The molecule has 3 nitrogen and oxygen atoms in total. The van der Waals surface area contributed by atoms with Gasteiger partial charge in [0.15, 0.2) is 0 Å². The Labute approximate surface area is 107 Å². The van der Waals surface area contributed by atoms with Crippen LogP contribution in [0, 0.1) is 0 Å². The number of unbranched alkanes of at least 4 members (excludes halogenated alkanes) is 2. The molecule has 16 heavy (non-hydrogen) atoms. The van der Waals surface area contributed by atoms with Crippen LogP contribution in [0.2, 0.25) is 0 Å². The molecule has 0 aliphatic carbocycles. The fourth-order valence-corrected chi connectivity index (χ4v) is 2.87. The molecule has 0 aromatic carbocycles. The van der Waals surface area contributed by atoms with Crippen LogP contribution in [0.1, 0.15) is 46.0 Å². The summed E-state index contributed by atoms with van der Waals surface area (Å²) in [6.07, 6.45) is 5.44. The Morgan fingerprint density at radius 2 is 1.38 bits per heavy atom. The van der Waals surface area contributed by atoms with Gasteiger partial charge in [0.25, 0.3) is 0 Å². The highest BCUT2D eigenvalue weighted by atomic mass is 32.1. The van der Waals surface area contributed by atoms with Crippen molar-refractivity contribution < 1.29 is 13.3 Å². The molecule has 0 N–H and O–H groups in total. The molecule has 0 rings (SSSR count). The van der Waals surface area contributed by atoms with Crippen LogP contribution in [0.4, 0.5) is 0 Å². The first-order valence-electron chi connectivity index (χ1n) is 6.30. The summed E-state index contributed by atoms with van der Waals surface area (Å²) in [6, 6.07) is 0. The quantitative estimate of drug-likeness (QED) is 0.334. The predicted molar refractivity (Wildman–Crippen MR) is 73.3 cm³/mol. The Bertz CT molecular complexity index is 130. The van der Waals surface area contributed by atoms with Gasteiger partial charge in [0, 0.05) is 19.8 Å². The SMILES string of the molecule is CCCO[SiH](OCCC)OCCCCCS. The summed E-state index contributed by atoms with van der Waals surface area (Å²) in [4.78, 5) is 0. The molecule has 98 valence electrons. The van der Waals surface area contributed by atoms with Gasteiger partial charge < -0.3 is 13.3 Å². The fourth-order valence-electron chi connectivity index (χ4n) is 1.14. The molecule has 0 fully saturated rings. The summed E-state index contributed by atoms with van der Waals surface area (Å²) in [6.45, 7) is 6.45. The van der Waals surface area contributed by atoms with Crippen LogP contribution in [-0.2, 0) is 13.3 Å². The molecule has 0 aromatic rings. The van der Waals surface area contributed by atoms with Crippen LogP contribution < -0.4 is 0 Å². The largest absolute Gasteiger partial charge is 0.484 e. The first kappa shape index (κ1) is 16.4. The van der Waals surface area contributed by atoms with E-state index in [0.29, 0.717) is 0 Å². The Kier molecular flexibility index (Phi) is 13.9. The lowest BCUT2D eigenvalue weighted by Gasteiger charge is -2.15. The maximum atomic E-state index is 5.66. The van der Waals surface area contributed by atoms with Gasteiger partial charge in [-0.25, -0.2) is 0 Å². The molecule has 0 saturated heterocycles. The van der Waals surface area contributed by atoms with Crippen molar-refractivity contribution in [3.8, 4) is 0 Å². The Morgan fingerprint density at radius 3 is 1.88 bits per heavy atom. The fraction of sp³-hybridized carbons (Fsp3) is 1.00. The van der Waals surface area contributed by atoms with Crippen LogP contribution in [0.5, 0.6) is 0 Å². The normalized spacial score (nSPS) is 11.2. The van der Waals surface area contributed by atoms with Crippen molar-refractivity contribution in [3.05, 3.63) is 0 Å². The molecule has 5 heteroatoms. The summed E-state index contributed by atoms with van der Waals surface area (Å²) in [5.74, 6) is 0.958. The van der Waals surface area contributed by atoms with Crippen molar-refractivity contribution in [2.45, 2.75) is 46.0 Å². The molecule has 0 heterocycles. The highest BCUT2D eigenvalue weighted by molar-refractivity contribution is 7.80. The van der Waals surface area contributed by atoms with E-state index in [4.69, 9.17) is 13.3 Å². The first-order valence-corrected chi connectivity index (χ1v) is 8.35. The summed E-state index contributed by atoms with van der Waals surface area (Å²) >= 11 is 4.17. The smallest absolute Gasteiger partial charge is 0.376 e. The molecule has 0 bridgehead atoms. The first-order chi connectivity index (χ1) is 7.85. The molecule has 0 unspecified atom stereocenters. The second-order valence-electron chi connectivity index (χ2n) is 3.69. The number of hydrogen-bond acceptors (Lipinski definition) is 4. The maximum absolute atomic E-state index is 5.66. The monoisotopic (exact) mass is 266 g/mol. The highest BCUT2D eigenvalue weighted by Crippen LogP contribution is 2.01. The predicted octanol–water partition coefficient (Wildman–Crippen LogP) is 2.67. The third-order valence-corrected chi connectivity index (χ3v) is 3.81. The van der Waals surface area contributed by atoms with Gasteiger partial charge in [-0.2, -0.15) is 12.6 Å². The number of hydrogen-bond donors (Lipinski definition) is 1. The lowest BCUT2D eigenvalue weighted by molar-refractivity contribution is 0.0918. The van der Waals surface area contributed by atoms with Gasteiger partial charge in [-0.3, -0.25) is 0 Å². The molecular formula is C11H26O3SSi. The lowest BCUT2D eigenvalue weighted by Crippen LogP contribution is -2.28. The summed E-state index contributed by atoms with van der Waals surface area (Å²) in [5, 5.41) is 0. The summed E-state index contributed by atoms with van der Waals surface area (Å²) in [7, 11) is -1.84. The molecule has 0 radical (unpaired) electrons. The van der Waals surface area contributed by atoms with Crippen molar-refractivity contribution in [2.24, 2.45) is 0 Å². The number of thiol groups is 1. The Hall–Kier alpha value is 0.447. The Balaban J connectivity index is 3.48. The molecule has 0 saturated carbocycles. The Morgan fingerprint density at radius 1 is 0.812 bits per heavy atom. The van der Waals surface area contributed by atoms with Gasteiger partial charge in [-0.1, -0.05) is 20.3 Å². The van der Waals surface area contributed by atoms with Crippen LogP contribution >= 0.6 is 12.6 Å². The zero-order valence-electron chi connectivity index (χ0n) is 10.6. The molecule has 0 aliphatic heterocycles. The minimum absolute atomic E-state index is 0.747. The van der Waals surface area contributed by atoms with Crippen molar-refractivity contribution in [2.75, 3.05) is 25.6 Å². The van der Waals surface area contributed by atoms with E-state index in [1.807, 2.05) is 0 Å². The zero-order chi connectivity index (χ0) is 12.1. The zero-order valence-corrected chi connectivity index (χ0v) is 12.7. The standard InChI is InChI=1S/C11H26O3SSi/c1-3-8-12-16(13-9-4-2)14-10-6-5-7-11-15/h15-16H,3-11H2,1-2H3. The van der Waals surface area contributed by atoms with E-state index < -0.39 is 9.53 Å². The molecule has 0 spiro atoms. The average molecular weight is 266 g/mol. The van der Waals surface area contributed by atoms with Gasteiger partial charge in [-0.05, 0) is 31.4 Å². The number of rotatable bonds is 12. The van der Waals surface area contributed by atoms with Gasteiger partial charge in [0.2, 0.25) is 0 Å². The molecule has 0 atom stereocenters. The average Bonchev–Trinajstić information content (AvgIpc) is 2.31. The van der Waals surface area contributed by atoms with Gasteiger partial charge >= 0.3 is 9.53 Å². The molecular weight excluding hydrogens is 240 g/mol. The van der Waals surface area contributed by atoms with E-state index in [1.165, 1.54) is 6.42 Å². The van der Waals surface area contributed by atoms with Crippen LogP contribution in [0.25, 0.3) is 0 Å². The third-order valence-electron chi connectivity index (χ3n) is 1.97. The van der Waals surface area contributed by atoms with Crippen molar-refractivity contribution >= 4 is 22.2 Å². The van der Waals surface area contributed by atoms with Gasteiger partial charge in [0.05, 0.1) is 0 Å². The van der Waals surface area contributed by atoms with Crippen LogP contribution in [0.15, 0.2) is 0 Å². The molecule has 0 amide bonds. The van der Waals surface area contributed by atoms with E-state index in [-0.39, 0.29) is 0 Å². The topological polar surface area (TPSA) is 27.7 Å². The van der Waals surface area contributed by atoms with Crippen molar-refractivity contribution in [3.63, 3.8) is 0 Å². The van der Waals surface area contributed by atoms with E-state index >= 15 is 0 Å². The van der Waals surface area contributed by atoms with Gasteiger partial charge in [0.1, 0.15) is 0 Å². The van der Waals surface area contributed by atoms with E-state index in [9.17, 15) is 0 Å². The van der Waals surface area contributed by atoms with Crippen LogP contribution in [-0.4, -0.2) is 35.1 Å². The third kappa shape index (κ3) is 10.9. The van der Waals surface area contributed by atoms with E-state index in [1.54, 1.807) is 0 Å². The van der Waals surface area contributed by atoms with E-state index in [2.05, 4.69) is 26.5 Å². The molecule has 0 aliphatic rings. The minimum Gasteiger partial charge on any atom is -0.376 e. The maximum Gasteiger partial charge on any atom is 0.484 e. The molecule has 0 aromatic heterocycles.